The topological polar surface area (TPSA) is 88.7 Å². The van der Waals surface area contributed by atoms with Crippen LogP contribution in [0.1, 0.15) is 43.0 Å². The molecule has 0 spiro atoms. The minimum absolute atomic E-state index is 0.0307. The van der Waals surface area contributed by atoms with Gasteiger partial charge in [-0.2, -0.15) is 0 Å². The van der Waals surface area contributed by atoms with Crippen molar-refractivity contribution >= 4 is 29.1 Å². The molecule has 0 radical (unpaired) electrons. The fraction of sp³-hybridized carbons (Fsp3) is 0.250. The molecule has 0 atom stereocenters. The molecule has 0 saturated carbocycles. The number of hydrogen-bond acceptors (Lipinski definition) is 5. The lowest BCUT2D eigenvalue weighted by Gasteiger charge is -2.12. The first kappa shape index (κ1) is 26.7. The molecule has 8 heteroatoms. The summed E-state index contributed by atoms with van der Waals surface area (Å²) in [7, 11) is 0. The molecule has 3 rings (SSSR count). The second-order valence-corrected chi connectivity index (χ2v) is 8.48. The molecule has 0 aliphatic rings. The average Bonchev–Trinajstić information content (AvgIpc) is 2.91. The monoisotopic (exact) mass is 505 g/mol. The molecule has 3 aromatic rings. The van der Waals surface area contributed by atoms with Crippen LogP contribution in [-0.2, 0) is 4.79 Å². The highest BCUT2D eigenvalue weighted by Gasteiger charge is 2.09. The van der Waals surface area contributed by atoms with Crippen LogP contribution in [0.2, 0.25) is 0 Å². The summed E-state index contributed by atoms with van der Waals surface area (Å²) in [5.41, 5.74) is 7.48. The van der Waals surface area contributed by atoms with Crippen LogP contribution < -0.4 is 25.6 Å². The summed E-state index contributed by atoms with van der Waals surface area (Å²) in [4.78, 5) is 24.4. The van der Waals surface area contributed by atoms with Crippen LogP contribution in [0.15, 0.2) is 78.9 Å². The Kier molecular flexibility index (Phi) is 10.7. The van der Waals surface area contributed by atoms with Crippen molar-refractivity contribution in [3.63, 3.8) is 0 Å². The average molecular weight is 506 g/mol. The third kappa shape index (κ3) is 9.03. The van der Waals surface area contributed by atoms with Crippen molar-refractivity contribution in [2.45, 2.75) is 32.6 Å². The molecule has 0 fully saturated rings. The highest BCUT2D eigenvalue weighted by Crippen LogP contribution is 2.22. The predicted molar refractivity (Wildman–Crippen MR) is 145 cm³/mol. The number of hydrogen-bond donors (Lipinski definition) is 3. The molecular formula is C28H31N3O4S. The molecule has 2 amide bonds. The van der Waals surface area contributed by atoms with Gasteiger partial charge in [-0.25, -0.2) is 0 Å². The Morgan fingerprint density at radius 2 is 1.39 bits per heavy atom. The van der Waals surface area contributed by atoms with Crippen molar-refractivity contribution in [3.05, 3.63) is 84.4 Å². The Balaban J connectivity index is 1.34. The lowest BCUT2D eigenvalue weighted by atomic mass is 10.1. The molecule has 3 aromatic carbocycles. The summed E-state index contributed by atoms with van der Waals surface area (Å²) in [5.74, 6) is 0.435. The van der Waals surface area contributed by atoms with Crippen molar-refractivity contribution in [1.29, 1.82) is 0 Å². The zero-order valence-corrected chi connectivity index (χ0v) is 21.1. The molecular weight excluding hydrogens is 474 g/mol. The van der Waals surface area contributed by atoms with Gasteiger partial charge in [-0.15, -0.1) is 0 Å². The number of amides is 2. The summed E-state index contributed by atoms with van der Waals surface area (Å²) >= 11 is 5.08. The van der Waals surface area contributed by atoms with Gasteiger partial charge in [0, 0.05) is 5.56 Å². The first-order chi connectivity index (χ1) is 17.5. The van der Waals surface area contributed by atoms with Crippen LogP contribution in [0.4, 0.5) is 0 Å². The Labute approximate surface area is 217 Å². The largest absolute Gasteiger partial charge is 0.494 e. The van der Waals surface area contributed by atoms with Crippen LogP contribution >= 0.6 is 12.2 Å². The van der Waals surface area contributed by atoms with Gasteiger partial charge in [0.25, 0.3) is 11.8 Å². The Morgan fingerprint density at radius 1 is 0.750 bits per heavy atom. The number of nitrogens with one attached hydrogen (secondary N) is 3. The molecule has 36 heavy (non-hydrogen) atoms. The van der Waals surface area contributed by atoms with E-state index in [1.165, 1.54) is 12.8 Å². The minimum atomic E-state index is -0.445. The molecule has 0 heterocycles. The molecule has 3 N–H and O–H groups in total. The number of unbranched alkanes of at least 4 members (excludes halogenated alkanes) is 3. The van der Waals surface area contributed by atoms with Crippen LogP contribution in [0.25, 0.3) is 11.1 Å². The molecule has 0 unspecified atom stereocenters. The van der Waals surface area contributed by atoms with Gasteiger partial charge >= 0.3 is 0 Å². The first-order valence-electron chi connectivity index (χ1n) is 12.0. The number of carbonyl (C=O) groups is 2. The maximum absolute atomic E-state index is 12.4. The summed E-state index contributed by atoms with van der Waals surface area (Å²) in [6.45, 7) is 2.61. The third-order valence-corrected chi connectivity index (χ3v) is 5.46. The molecule has 188 valence electrons. The molecule has 0 bridgehead atoms. The lowest BCUT2D eigenvalue weighted by Crippen LogP contribution is -2.49. The number of ether oxygens (including phenoxy) is 2. The summed E-state index contributed by atoms with van der Waals surface area (Å²) in [5, 5.41) is 2.49. The van der Waals surface area contributed by atoms with E-state index in [0.717, 1.165) is 24.0 Å². The Morgan fingerprint density at radius 3 is 2.08 bits per heavy atom. The minimum Gasteiger partial charge on any atom is -0.494 e. The summed E-state index contributed by atoms with van der Waals surface area (Å²) < 4.78 is 11.2. The van der Waals surface area contributed by atoms with Gasteiger partial charge in [-0.3, -0.25) is 25.8 Å². The maximum Gasteiger partial charge on any atom is 0.276 e. The van der Waals surface area contributed by atoms with Crippen molar-refractivity contribution in [1.82, 2.24) is 16.2 Å². The Bertz CT molecular complexity index is 1120. The summed E-state index contributed by atoms with van der Waals surface area (Å²) in [6, 6.07) is 24.2. The molecule has 0 aliphatic carbocycles. The van der Waals surface area contributed by atoms with Crippen LogP contribution in [0, 0.1) is 0 Å². The fourth-order valence-electron chi connectivity index (χ4n) is 3.31. The fourth-order valence-corrected chi connectivity index (χ4v) is 3.46. The number of rotatable bonds is 11. The number of thiocarbonyl (C=S) groups is 1. The zero-order valence-electron chi connectivity index (χ0n) is 20.3. The van der Waals surface area contributed by atoms with E-state index in [1.54, 1.807) is 36.4 Å². The number of carbonyl (C=O) groups excluding carboxylic acids is 2. The van der Waals surface area contributed by atoms with Crippen LogP contribution in [0.5, 0.6) is 11.5 Å². The maximum atomic E-state index is 12.4. The van der Waals surface area contributed by atoms with Gasteiger partial charge in [-0.05, 0) is 66.2 Å². The van der Waals surface area contributed by atoms with Crippen molar-refractivity contribution in [3.8, 4) is 22.6 Å². The van der Waals surface area contributed by atoms with Gasteiger partial charge in [-0.1, -0.05) is 68.7 Å². The second-order valence-electron chi connectivity index (χ2n) is 8.07. The Hall–Kier alpha value is -3.91. The van der Waals surface area contributed by atoms with E-state index < -0.39 is 11.8 Å². The third-order valence-electron chi connectivity index (χ3n) is 5.26. The van der Waals surface area contributed by atoms with E-state index in [0.29, 0.717) is 23.7 Å². The van der Waals surface area contributed by atoms with Gasteiger partial charge in [0.05, 0.1) is 6.61 Å². The van der Waals surface area contributed by atoms with Crippen molar-refractivity contribution in [2.75, 3.05) is 13.2 Å². The molecule has 0 saturated heterocycles. The van der Waals surface area contributed by atoms with Crippen molar-refractivity contribution < 1.29 is 19.1 Å². The zero-order chi connectivity index (χ0) is 25.6. The SMILES string of the molecule is CCCCCCOc1ccc(C(=O)NC(=S)NNC(=O)COc2ccc(-c3ccccc3)cc2)cc1. The van der Waals surface area contributed by atoms with E-state index in [1.807, 2.05) is 42.5 Å². The van der Waals surface area contributed by atoms with E-state index in [2.05, 4.69) is 23.1 Å². The molecule has 0 aliphatic heterocycles. The summed E-state index contributed by atoms with van der Waals surface area (Å²) in [6.07, 6.45) is 4.54. The van der Waals surface area contributed by atoms with Gasteiger partial charge in [0.1, 0.15) is 11.5 Å². The smallest absolute Gasteiger partial charge is 0.276 e. The van der Waals surface area contributed by atoms with Crippen molar-refractivity contribution in [2.24, 2.45) is 0 Å². The van der Waals surface area contributed by atoms with E-state index >= 15 is 0 Å². The highest BCUT2D eigenvalue weighted by molar-refractivity contribution is 7.80. The van der Waals surface area contributed by atoms with Gasteiger partial charge in [0.2, 0.25) is 0 Å². The quantitative estimate of drug-likeness (QED) is 0.193. The normalized spacial score (nSPS) is 10.2. The van der Waals surface area contributed by atoms with E-state index in [9.17, 15) is 9.59 Å². The van der Waals surface area contributed by atoms with Crippen LogP contribution in [0.3, 0.4) is 0 Å². The van der Waals surface area contributed by atoms with Gasteiger partial charge < -0.3 is 9.47 Å². The predicted octanol–water partition coefficient (Wildman–Crippen LogP) is 5.03. The molecule has 7 nitrogen and oxygen atoms in total. The van der Waals surface area contributed by atoms with E-state index in [4.69, 9.17) is 21.7 Å². The van der Waals surface area contributed by atoms with Crippen LogP contribution in [-0.4, -0.2) is 30.1 Å². The first-order valence-corrected chi connectivity index (χ1v) is 12.4. The highest BCUT2D eigenvalue weighted by atomic mass is 32.1. The second kappa shape index (κ2) is 14.5. The van der Waals surface area contributed by atoms with Gasteiger partial charge in [0.15, 0.2) is 11.7 Å². The molecule has 0 aromatic heterocycles. The van der Waals surface area contributed by atoms with E-state index in [-0.39, 0.29) is 11.7 Å². The number of hydrazine groups is 1. The number of benzene rings is 3. The lowest BCUT2D eigenvalue weighted by molar-refractivity contribution is -0.123. The standard InChI is InChI=1S/C28H31N3O4S/c1-2-3-4-8-19-34-24-17-13-23(14-18-24)27(33)29-28(36)31-30-26(32)20-35-25-15-11-22(12-16-25)21-9-6-5-7-10-21/h5-7,9-18H,2-4,8,19-20H2,1H3,(H,30,32)(H2,29,31,33,36).